The number of hydrogen-bond donors (Lipinski definition) is 1. The van der Waals surface area contributed by atoms with Crippen LogP contribution in [-0.2, 0) is 14.8 Å². The van der Waals surface area contributed by atoms with Gasteiger partial charge in [-0.3, -0.25) is 0 Å². The molecular weight excluding hydrogens is 400 g/mol. The quantitative estimate of drug-likeness (QED) is 0.769. The molecule has 30 heavy (non-hydrogen) atoms. The molecule has 0 amide bonds. The van der Waals surface area contributed by atoms with E-state index in [1.807, 2.05) is 19.1 Å². The van der Waals surface area contributed by atoms with Crippen LogP contribution >= 0.6 is 0 Å². The largest absolute Gasteiger partial charge is 0.393 e. The molecule has 7 heteroatoms. The van der Waals surface area contributed by atoms with Crippen molar-refractivity contribution in [2.75, 3.05) is 33.3 Å². The number of aliphatic hydroxyl groups excluding tert-OH is 1. The van der Waals surface area contributed by atoms with Crippen LogP contribution in [0, 0.1) is 12.3 Å². The lowest BCUT2D eigenvalue weighted by atomic mass is 9.77. The standard InChI is InChI=1S/C23H36N2O4S/c1-18-5-3-4-6-22(18)30(27,28)25-13-11-23(12-14-25)15-21(29-17-23)16-24(2)19-7-9-20(26)10-8-19/h3-6,19-21,26H,7-17H2,1-2H3/t19?,20?,21-/m1/s1. The van der Waals surface area contributed by atoms with Crippen molar-refractivity contribution in [2.45, 2.75) is 75.0 Å². The Hall–Kier alpha value is -0.990. The lowest BCUT2D eigenvalue weighted by Crippen LogP contribution is -2.44. The Morgan fingerprint density at radius 1 is 1.17 bits per heavy atom. The number of nitrogens with zero attached hydrogens (tertiary/aromatic N) is 2. The van der Waals surface area contributed by atoms with Crippen LogP contribution in [-0.4, -0.2) is 74.3 Å². The van der Waals surface area contributed by atoms with Crippen molar-refractivity contribution >= 4 is 10.0 Å². The molecule has 3 aliphatic rings. The Kier molecular flexibility index (Phi) is 6.56. The highest BCUT2D eigenvalue weighted by molar-refractivity contribution is 7.89. The smallest absolute Gasteiger partial charge is 0.243 e. The Balaban J connectivity index is 1.31. The zero-order valence-corrected chi connectivity index (χ0v) is 19.1. The molecule has 1 aromatic carbocycles. The van der Waals surface area contributed by atoms with E-state index in [0.717, 1.165) is 63.7 Å². The summed E-state index contributed by atoms with van der Waals surface area (Å²) < 4.78 is 34.0. The molecule has 3 fully saturated rings. The molecule has 2 aliphatic heterocycles. The summed E-state index contributed by atoms with van der Waals surface area (Å²) in [6.45, 7) is 4.67. The third kappa shape index (κ3) is 4.60. The fourth-order valence-electron chi connectivity index (χ4n) is 5.52. The molecule has 2 heterocycles. The van der Waals surface area contributed by atoms with Gasteiger partial charge in [-0.1, -0.05) is 18.2 Å². The van der Waals surface area contributed by atoms with Crippen molar-refractivity contribution < 1.29 is 18.3 Å². The fourth-order valence-corrected chi connectivity index (χ4v) is 7.18. The summed E-state index contributed by atoms with van der Waals surface area (Å²) in [5.74, 6) is 0. The first-order valence-corrected chi connectivity index (χ1v) is 12.8. The lowest BCUT2D eigenvalue weighted by molar-refractivity contribution is 0.0372. The molecule has 0 radical (unpaired) electrons. The monoisotopic (exact) mass is 436 g/mol. The summed E-state index contributed by atoms with van der Waals surface area (Å²) >= 11 is 0. The van der Waals surface area contributed by atoms with Crippen LogP contribution in [0.15, 0.2) is 29.2 Å². The Bertz CT molecular complexity index is 827. The Morgan fingerprint density at radius 3 is 2.50 bits per heavy atom. The van der Waals surface area contributed by atoms with E-state index in [0.29, 0.717) is 24.0 Å². The average molecular weight is 437 g/mol. The maximum Gasteiger partial charge on any atom is 0.243 e. The van der Waals surface area contributed by atoms with Gasteiger partial charge in [-0.2, -0.15) is 4.31 Å². The molecule has 4 rings (SSSR count). The molecule has 1 aliphatic carbocycles. The number of hydrogen-bond acceptors (Lipinski definition) is 5. The maximum absolute atomic E-state index is 13.1. The summed E-state index contributed by atoms with van der Waals surface area (Å²) in [7, 11) is -1.25. The van der Waals surface area contributed by atoms with Crippen LogP contribution < -0.4 is 0 Å². The van der Waals surface area contributed by atoms with Crippen molar-refractivity contribution in [1.82, 2.24) is 9.21 Å². The number of likely N-dealkylation sites (N-methyl/N-ethyl adjacent to an activating group) is 1. The molecule has 1 aromatic rings. The number of aryl methyl sites for hydroxylation is 1. The first-order chi connectivity index (χ1) is 14.3. The van der Waals surface area contributed by atoms with E-state index in [-0.39, 0.29) is 17.6 Å². The maximum atomic E-state index is 13.1. The minimum atomic E-state index is -3.43. The molecule has 0 unspecified atom stereocenters. The molecule has 1 spiro atoms. The highest BCUT2D eigenvalue weighted by atomic mass is 32.2. The van der Waals surface area contributed by atoms with Gasteiger partial charge in [0.25, 0.3) is 0 Å². The van der Waals surface area contributed by atoms with Gasteiger partial charge in [-0.15, -0.1) is 0 Å². The second kappa shape index (κ2) is 8.87. The van der Waals surface area contributed by atoms with Gasteiger partial charge < -0.3 is 14.7 Å². The molecular formula is C23H36N2O4S. The number of benzene rings is 1. The number of sulfonamides is 1. The molecule has 1 atom stereocenters. The van der Waals surface area contributed by atoms with Crippen LogP contribution in [0.25, 0.3) is 0 Å². The molecule has 0 aromatic heterocycles. The van der Waals surface area contributed by atoms with Gasteiger partial charge in [-0.05, 0) is 76.0 Å². The Labute approximate surface area is 181 Å². The van der Waals surface area contributed by atoms with Crippen molar-refractivity contribution in [3.05, 3.63) is 29.8 Å². The second-order valence-corrected chi connectivity index (χ2v) is 11.6. The zero-order valence-electron chi connectivity index (χ0n) is 18.3. The van der Waals surface area contributed by atoms with Gasteiger partial charge in [0, 0.05) is 25.7 Å². The second-order valence-electron chi connectivity index (χ2n) is 9.71. The van der Waals surface area contributed by atoms with Crippen molar-refractivity contribution in [3.63, 3.8) is 0 Å². The number of ether oxygens (including phenoxy) is 1. The minimum absolute atomic E-state index is 0.117. The minimum Gasteiger partial charge on any atom is -0.393 e. The predicted octanol–water partition coefficient (Wildman–Crippen LogP) is 2.79. The summed E-state index contributed by atoms with van der Waals surface area (Å²) in [6.07, 6.45) is 6.77. The van der Waals surface area contributed by atoms with Crippen molar-refractivity contribution in [3.8, 4) is 0 Å². The van der Waals surface area contributed by atoms with Gasteiger partial charge in [-0.25, -0.2) is 8.42 Å². The van der Waals surface area contributed by atoms with Crippen LogP contribution in [0.5, 0.6) is 0 Å². The van der Waals surface area contributed by atoms with Crippen LogP contribution in [0.2, 0.25) is 0 Å². The van der Waals surface area contributed by atoms with E-state index in [4.69, 9.17) is 4.74 Å². The number of aliphatic hydroxyl groups is 1. The molecule has 0 bridgehead atoms. The summed E-state index contributed by atoms with van der Waals surface area (Å²) in [6, 6.07) is 7.78. The van der Waals surface area contributed by atoms with E-state index in [1.165, 1.54) is 0 Å². The lowest BCUT2D eigenvalue weighted by Gasteiger charge is -2.38. The summed E-state index contributed by atoms with van der Waals surface area (Å²) in [4.78, 5) is 2.84. The highest BCUT2D eigenvalue weighted by Crippen LogP contribution is 2.43. The van der Waals surface area contributed by atoms with Gasteiger partial charge in [0.05, 0.1) is 23.7 Å². The van der Waals surface area contributed by atoms with E-state index >= 15 is 0 Å². The number of piperidine rings is 1. The van der Waals surface area contributed by atoms with E-state index in [9.17, 15) is 13.5 Å². The molecule has 2 saturated heterocycles. The van der Waals surface area contributed by atoms with Crippen molar-refractivity contribution in [1.29, 1.82) is 0 Å². The molecule has 1 saturated carbocycles. The molecule has 6 nitrogen and oxygen atoms in total. The zero-order chi connectivity index (χ0) is 21.4. The van der Waals surface area contributed by atoms with Gasteiger partial charge in [0.15, 0.2) is 0 Å². The summed E-state index contributed by atoms with van der Waals surface area (Å²) in [5, 5.41) is 9.74. The average Bonchev–Trinajstić information content (AvgIpc) is 3.10. The third-order valence-corrected chi connectivity index (χ3v) is 9.62. The van der Waals surface area contributed by atoms with Gasteiger partial charge in [0.2, 0.25) is 10.0 Å². The summed E-state index contributed by atoms with van der Waals surface area (Å²) in [5.41, 5.74) is 0.923. The van der Waals surface area contributed by atoms with Crippen LogP contribution in [0.4, 0.5) is 0 Å². The van der Waals surface area contributed by atoms with Gasteiger partial charge in [0.1, 0.15) is 0 Å². The molecule has 168 valence electrons. The Morgan fingerprint density at radius 2 is 1.83 bits per heavy atom. The van der Waals surface area contributed by atoms with E-state index in [2.05, 4.69) is 11.9 Å². The first-order valence-electron chi connectivity index (χ1n) is 11.3. The highest BCUT2D eigenvalue weighted by Gasteiger charge is 2.45. The van der Waals surface area contributed by atoms with Gasteiger partial charge >= 0.3 is 0 Å². The number of rotatable bonds is 5. The normalized spacial score (nSPS) is 30.2. The van der Waals surface area contributed by atoms with E-state index in [1.54, 1.807) is 16.4 Å². The van der Waals surface area contributed by atoms with Crippen molar-refractivity contribution in [2.24, 2.45) is 5.41 Å². The molecule has 1 N–H and O–H groups in total. The third-order valence-electron chi connectivity index (χ3n) is 7.56. The van der Waals surface area contributed by atoms with E-state index < -0.39 is 10.0 Å². The SMILES string of the molecule is Cc1ccccc1S(=O)(=O)N1CCC2(CC1)CO[C@@H](CN(C)C1CCC(O)CC1)C2. The van der Waals surface area contributed by atoms with Crippen LogP contribution in [0.3, 0.4) is 0 Å². The topological polar surface area (TPSA) is 70.1 Å². The first kappa shape index (κ1) is 22.2. The predicted molar refractivity (Wildman–Crippen MR) is 117 cm³/mol. The van der Waals surface area contributed by atoms with Crippen LogP contribution in [0.1, 0.15) is 50.5 Å². The fraction of sp³-hybridized carbons (Fsp3) is 0.739.